The summed E-state index contributed by atoms with van der Waals surface area (Å²) in [5.41, 5.74) is 0. The Kier molecular flexibility index (Phi) is 4.53. The van der Waals surface area contributed by atoms with Crippen LogP contribution in [0.25, 0.3) is 0 Å². The maximum atomic E-state index is 9.33. The molecule has 2 unspecified atom stereocenters. The van der Waals surface area contributed by atoms with Gasteiger partial charge in [0.2, 0.25) is 0 Å². The van der Waals surface area contributed by atoms with Crippen molar-refractivity contribution in [2.45, 2.75) is 18.6 Å². The van der Waals surface area contributed by atoms with Gasteiger partial charge in [0.15, 0.2) is 0 Å². The highest BCUT2D eigenvalue weighted by Gasteiger charge is 2.24. The van der Waals surface area contributed by atoms with Gasteiger partial charge in [-0.1, -0.05) is 0 Å². The minimum atomic E-state index is -0.340. The average molecular weight is 175 g/mol. The van der Waals surface area contributed by atoms with Crippen LogP contribution in [0.1, 0.15) is 6.42 Å². The molecule has 12 heavy (non-hydrogen) atoms. The molecule has 0 saturated carbocycles. The third-order valence-corrected chi connectivity index (χ3v) is 1.98. The molecule has 0 aromatic carbocycles. The van der Waals surface area contributed by atoms with E-state index in [4.69, 9.17) is 9.47 Å². The fraction of sp³-hybridized carbons (Fsp3) is 1.00. The molecule has 0 spiro atoms. The Labute approximate surface area is 72.9 Å². The number of ether oxygens (including phenoxy) is 2. The summed E-state index contributed by atoms with van der Waals surface area (Å²) in [7, 11) is 1.69. The molecule has 0 aromatic heterocycles. The molecule has 1 rings (SSSR count). The SMILES string of the molecule is COCCCNC1COCC1O. The van der Waals surface area contributed by atoms with E-state index in [-0.39, 0.29) is 12.1 Å². The van der Waals surface area contributed by atoms with Crippen LogP contribution >= 0.6 is 0 Å². The van der Waals surface area contributed by atoms with Crippen LogP contribution in [-0.2, 0) is 9.47 Å². The number of methoxy groups -OCH3 is 1. The number of rotatable bonds is 5. The summed E-state index contributed by atoms with van der Waals surface area (Å²) < 4.78 is 9.98. The summed E-state index contributed by atoms with van der Waals surface area (Å²) in [5, 5.41) is 12.5. The second kappa shape index (κ2) is 5.48. The first-order chi connectivity index (χ1) is 5.84. The molecule has 0 bridgehead atoms. The number of hydrogen-bond donors (Lipinski definition) is 2. The first kappa shape index (κ1) is 9.92. The third kappa shape index (κ3) is 3.06. The lowest BCUT2D eigenvalue weighted by Gasteiger charge is -2.13. The summed E-state index contributed by atoms with van der Waals surface area (Å²) in [6, 6.07) is 0.113. The van der Waals surface area contributed by atoms with Crippen molar-refractivity contribution in [2.75, 3.05) is 33.5 Å². The molecule has 1 fully saturated rings. The minimum Gasteiger partial charge on any atom is -0.389 e. The predicted molar refractivity (Wildman–Crippen MR) is 45.1 cm³/mol. The van der Waals surface area contributed by atoms with Gasteiger partial charge in [0.1, 0.15) is 0 Å². The van der Waals surface area contributed by atoms with Gasteiger partial charge in [-0.2, -0.15) is 0 Å². The van der Waals surface area contributed by atoms with E-state index in [2.05, 4.69) is 5.32 Å². The molecule has 1 aliphatic rings. The molecule has 2 atom stereocenters. The van der Waals surface area contributed by atoms with Crippen LogP contribution in [-0.4, -0.2) is 50.7 Å². The van der Waals surface area contributed by atoms with Crippen LogP contribution in [0.5, 0.6) is 0 Å². The zero-order valence-electron chi connectivity index (χ0n) is 7.45. The van der Waals surface area contributed by atoms with E-state index in [9.17, 15) is 5.11 Å². The van der Waals surface area contributed by atoms with Crippen molar-refractivity contribution in [3.8, 4) is 0 Å². The molecule has 72 valence electrons. The third-order valence-electron chi connectivity index (χ3n) is 1.98. The molecule has 1 saturated heterocycles. The summed E-state index contributed by atoms with van der Waals surface area (Å²) in [6.07, 6.45) is 0.632. The molecule has 0 aliphatic carbocycles. The van der Waals surface area contributed by atoms with Crippen molar-refractivity contribution in [1.82, 2.24) is 5.32 Å². The molecule has 0 radical (unpaired) electrons. The Balaban J connectivity index is 1.98. The van der Waals surface area contributed by atoms with Crippen molar-refractivity contribution in [3.05, 3.63) is 0 Å². The van der Waals surface area contributed by atoms with E-state index in [1.54, 1.807) is 7.11 Å². The van der Waals surface area contributed by atoms with E-state index in [0.717, 1.165) is 19.6 Å². The monoisotopic (exact) mass is 175 g/mol. The van der Waals surface area contributed by atoms with Gasteiger partial charge >= 0.3 is 0 Å². The van der Waals surface area contributed by atoms with Crippen LogP contribution in [0.2, 0.25) is 0 Å². The highest BCUT2D eigenvalue weighted by atomic mass is 16.5. The van der Waals surface area contributed by atoms with E-state index in [1.165, 1.54) is 0 Å². The molecule has 1 aliphatic heterocycles. The van der Waals surface area contributed by atoms with Crippen LogP contribution < -0.4 is 5.32 Å². The van der Waals surface area contributed by atoms with Crippen molar-refractivity contribution in [1.29, 1.82) is 0 Å². The first-order valence-electron chi connectivity index (χ1n) is 4.32. The topological polar surface area (TPSA) is 50.7 Å². The molecule has 2 N–H and O–H groups in total. The summed E-state index contributed by atoms with van der Waals surface area (Å²) >= 11 is 0. The number of nitrogens with one attached hydrogen (secondary N) is 1. The fourth-order valence-electron chi connectivity index (χ4n) is 1.24. The zero-order chi connectivity index (χ0) is 8.81. The smallest absolute Gasteiger partial charge is 0.0948 e. The van der Waals surface area contributed by atoms with Crippen LogP contribution in [0.3, 0.4) is 0 Å². The molecule has 0 aromatic rings. The van der Waals surface area contributed by atoms with Gasteiger partial charge < -0.3 is 19.9 Å². The lowest BCUT2D eigenvalue weighted by Crippen LogP contribution is -2.39. The lowest BCUT2D eigenvalue weighted by atomic mass is 10.2. The Morgan fingerprint density at radius 1 is 1.58 bits per heavy atom. The number of aliphatic hydroxyl groups is 1. The van der Waals surface area contributed by atoms with Crippen LogP contribution in [0.15, 0.2) is 0 Å². The summed E-state index contributed by atoms with van der Waals surface area (Å²) in [6.45, 7) is 2.71. The first-order valence-corrected chi connectivity index (χ1v) is 4.32. The Bertz CT molecular complexity index is 121. The quantitative estimate of drug-likeness (QED) is 0.546. The van der Waals surface area contributed by atoms with Crippen LogP contribution in [0.4, 0.5) is 0 Å². The maximum Gasteiger partial charge on any atom is 0.0948 e. The van der Waals surface area contributed by atoms with Crippen molar-refractivity contribution in [2.24, 2.45) is 0 Å². The van der Waals surface area contributed by atoms with Gasteiger partial charge in [-0.15, -0.1) is 0 Å². The van der Waals surface area contributed by atoms with E-state index < -0.39 is 0 Å². The minimum absolute atomic E-state index is 0.113. The van der Waals surface area contributed by atoms with Crippen molar-refractivity contribution < 1.29 is 14.6 Å². The Morgan fingerprint density at radius 3 is 3.00 bits per heavy atom. The lowest BCUT2D eigenvalue weighted by molar-refractivity contribution is 0.122. The van der Waals surface area contributed by atoms with Gasteiger partial charge in [-0.25, -0.2) is 0 Å². The Morgan fingerprint density at radius 2 is 2.42 bits per heavy atom. The second-order valence-corrected chi connectivity index (χ2v) is 3.01. The van der Waals surface area contributed by atoms with Gasteiger partial charge in [0.25, 0.3) is 0 Å². The summed E-state index contributed by atoms with van der Waals surface area (Å²) in [4.78, 5) is 0. The van der Waals surface area contributed by atoms with Gasteiger partial charge in [0, 0.05) is 13.7 Å². The Hall–Kier alpha value is -0.160. The highest BCUT2D eigenvalue weighted by Crippen LogP contribution is 2.04. The van der Waals surface area contributed by atoms with Crippen molar-refractivity contribution in [3.63, 3.8) is 0 Å². The van der Waals surface area contributed by atoms with Crippen LogP contribution in [0, 0.1) is 0 Å². The second-order valence-electron chi connectivity index (χ2n) is 3.01. The van der Waals surface area contributed by atoms with Gasteiger partial charge in [-0.05, 0) is 13.0 Å². The van der Waals surface area contributed by atoms with E-state index >= 15 is 0 Å². The largest absolute Gasteiger partial charge is 0.389 e. The average Bonchev–Trinajstić information content (AvgIpc) is 2.46. The van der Waals surface area contributed by atoms with Gasteiger partial charge in [-0.3, -0.25) is 0 Å². The van der Waals surface area contributed by atoms with Crippen molar-refractivity contribution >= 4 is 0 Å². The molecular formula is C8H17NO3. The fourth-order valence-corrected chi connectivity index (χ4v) is 1.24. The van der Waals surface area contributed by atoms with E-state index in [1.807, 2.05) is 0 Å². The standard InChI is InChI=1S/C8H17NO3/c1-11-4-2-3-9-7-5-12-6-8(7)10/h7-10H,2-6H2,1H3. The molecule has 0 amide bonds. The predicted octanol–water partition coefficient (Wildman–Crippen LogP) is -0.628. The molecular weight excluding hydrogens is 158 g/mol. The van der Waals surface area contributed by atoms with Gasteiger partial charge in [0.05, 0.1) is 25.4 Å². The summed E-state index contributed by atoms with van der Waals surface area (Å²) in [5.74, 6) is 0. The molecule has 4 nitrogen and oxygen atoms in total. The normalized spacial score (nSPS) is 29.5. The molecule has 1 heterocycles. The number of aliphatic hydroxyl groups excluding tert-OH is 1. The van der Waals surface area contributed by atoms with E-state index in [0.29, 0.717) is 13.2 Å². The zero-order valence-corrected chi connectivity index (χ0v) is 7.45. The number of hydrogen-bond acceptors (Lipinski definition) is 4. The maximum absolute atomic E-state index is 9.33. The highest BCUT2D eigenvalue weighted by molar-refractivity contribution is 4.80. The molecule has 4 heteroatoms.